The molecule has 0 saturated carbocycles. The number of anilines is 1. The van der Waals surface area contributed by atoms with Crippen LogP contribution in [0.4, 0.5) is 10.7 Å². The number of carbonyl (C=O) groups is 2. The van der Waals surface area contributed by atoms with Crippen molar-refractivity contribution in [1.82, 2.24) is 30.2 Å². The molecule has 0 aliphatic heterocycles. The number of ether oxygens (including phenoxy) is 2. The van der Waals surface area contributed by atoms with Crippen LogP contribution >= 0.6 is 0 Å². The van der Waals surface area contributed by atoms with Gasteiger partial charge in [0, 0.05) is 31.0 Å². The Bertz CT molecular complexity index is 1360. The number of nitrogens with one attached hydrogen (secondary N) is 3. The predicted octanol–water partition coefficient (Wildman–Crippen LogP) is 2.88. The van der Waals surface area contributed by atoms with Crippen LogP contribution in [0.3, 0.4) is 0 Å². The van der Waals surface area contributed by atoms with E-state index in [0.29, 0.717) is 23.7 Å². The first-order valence-corrected chi connectivity index (χ1v) is 10.9. The van der Waals surface area contributed by atoms with E-state index < -0.39 is 6.03 Å². The van der Waals surface area contributed by atoms with Crippen LogP contribution in [0, 0.1) is 0 Å². The standard InChI is InChI=1S/C24H25N7O4/c1-4-26-24(33)29-23-28-21-12-17(16-6-5-9-25-14-16)11-18(31(21)30-23)22(32)27-13-15-7-8-19(34-2)20(10-15)35-3/h5-12,14H,4,13H2,1-3H3,(H,27,32)(H2,26,29,30,33). The quantitative estimate of drug-likeness (QED) is 0.357. The summed E-state index contributed by atoms with van der Waals surface area (Å²) in [5.74, 6) is 0.874. The molecule has 11 nitrogen and oxygen atoms in total. The number of aromatic nitrogens is 4. The van der Waals surface area contributed by atoms with Crippen LogP contribution in [0.25, 0.3) is 16.8 Å². The predicted molar refractivity (Wildman–Crippen MR) is 130 cm³/mol. The molecule has 4 rings (SSSR count). The van der Waals surface area contributed by atoms with Crippen molar-refractivity contribution >= 4 is 23.5 Å². The Morgan fingerprint density at radius 3 is 2.54 bits per heavy atom. The maximum Gasteiger partial charge on any atom is 0.321 e. The minimum atomic E-state index is -0.435. The third kappa shape index (κ3) is 5.29. The molecule has 0 atom stereocenters. The van der Waals surface area contributed by atoms with Crippen LogP contribution < -0.4 is 25.4 Å². The summed E-state index contributed by atoms with van der Waals surface area (Å²) in [5.41, 5.74) is 3.02. The van der Waals surface area contributed by atoms with Crippen molar-refractivity contribution < 1.29 is 19.1 Å². The molecule has 4 aromatic rings. The lowest BCUT2D eigenvalue weighted by molar-refractivity contribution is 0.0943. The topological polar surface area (TPSA) is 132 Å². The monoisotopic (exact) mass is 475 g/mol. The number of urea groups is 1. The second-order valence-electron chi connectivity index (χ2n) is 7.43. The molecule has 0 radical (unpaired) electrons. The van der Waals surface area contributed by atoms with E-state index in [1.54, 1.807) is 57.8 Å². The van der Waals surface area contributed by atoms with E-state index in [-0.39, 0.29) is 24.1 Å². The molecule has 0 fully saturated rings. The van der Waals surface area contributed by atoms with E-state index in [9.17, 15) is 9.59 Å². The number of methoxy groups -OCH3 is 2. The zero-order chi connectivity index (χ0) is 24.8. The smallest absolute Gasteiger partial charge is 0.321 e. The number of amides is 3. The summed E-state index contributed by atoms with van der Waals surface area (Å²) in [7, 11) is 3.12. The third-order valence-corrected chi connectivity index (χ3v) is 5.13. The molecule has 0 spiro atoms. The molecule has 0 bridgehead atoms. The number of nitrogens with zero attached hydrogens (tertiary/aromatic N) is 4. The average molecular weight is 476 g/mol. The first-order chi connectivity index (χ1) is 17.0. The van der Waals surface area contributed by atoms with Gasteiger partial charge in [-0.25, -0.2) is 9.31 Å². The van der Waals surface area contributed by atoms with Gasteiger partial charge in [-0.3, -0.25) is 15.1 Å². The SMILES string of the molecule is CCNC(=O)Nc1nc2cc(-c3cccnc3)cc(C(=O)NCc3ccc(OC)c(OC)c3)n2n1. The first kappa shape index (κ1) is 23.5. The molecular formula is C24H25N7O4. The van der Waals surface area contributed by atoms with Gasteiger partial charge in [0.25, 0.3) is 11.9 Å². The van der Waals surface area contributed by atoms with Gasteiger partial charge in [-0.1, -0.05) is 12.1 Å². The largest absolute Gasteiger partial charge is 0.493 e. The molecule has 0 unspecified atom stereocenters. The number of fused-ring (bicyclic) bond motifs is 1. The second-order valence-corrected chi connectivity index (χ2v) is 7.43. The van der Waals surface area contributed by atoms with Crippen LogP contribution in [0.5, 0.6) is 11.5 Å². The van der Waals surface area contributed by atoms with E-state index in [4.69, 9.17) is 9.47 Å². The molecule has 0 aliphatic carbocycles. The molecule has 35 heavy (non-hydrogen) atoms. The van der Waals surface area contributed by atoms with Crippen molar-refractivity contribution in [1.29, 1.82) is 0 Å². The highest BCUT2D eigenvalue weighted by molar-refractivity contribution is 5.95. The molecule has 3 aromatic heterocycles. The van der Waals surface area contributed by atoms with E-state index in [2.05, 4.69) is 31.0 Å². The number of hydrogen-bond acceptors (Lipinski definition) is 7. The summed E-state index contributed by atoms with van der Waals surface area (Å²) in [5, 5.41) is 12.4. The molecule has 3 heterocycles. The van der Waals surface area contributed by atoms with Gasteiger partial charge < -0.3 is 20.1 Å². The van der Waals surface area contributed by atoms with Gasteiger partial charge in [-0.05, 0) is 48.4 Å². The highest BCUT2D eigenvalue weighted by atomic mass is 16.5. The van der Waals surface area contributed by atoms with Gasteiger partial charge in [0.05, 0.1) is 14.2 Å². The van der Waals surface area contributed by atoms with Gasteiger partial charge in [0.15, 0.2) is 17.1 Å². The van der Waals surface area contributed by atoms with E-state index in [0.717, 1.165) is 16.7 Å². The number of carbonyl (C=O) groups excluding carboxylic acids is 2. The van der Waals surface area contributed by atoms with Crippen molar-refractivity contribution in [3.63, 3.8) is 0 Å². The summed E-state index contributed by atoms with van der Waals surface area (Å²) >= 11 is 0. The minimum Gasteiger partial charge on any atom is -0.493 e. The number of rotatable bonds is 8. The Morgan fingerprint density at radius 2 is 1.83 bits per heavy atom. The zero-order valence-corrected chi connectivity index (χ0v) is 19.5. The molecule has 3 amide bonds. The molecule has 0 saturated heterocycles. The van der Waals surface area contributed by atoms with Crippen molar-refractivity contribution in [2.45, 2.75) is 13.5 Å². The lowest BCUT2D eigenvalue weighted by Crippen LogP contribution is -2.28. The van der Waals surface area contributed by atoms with Gasteiger partial charge in [0.1, 0.15) is 5.69 Å². The average Bonchev–Trinajstić information content (AvgIpc) is 3.29. The van der Waals surface area contributed by atoms with Crippen molar-refractivity contribution in [2.75, 3.05) is 26.1 Å². The lowest BCUT2D eigenvalue weighted by atomic mass is 10.1. The van der Waals surface area contributed by atoms with Crippen LogP contribution in [0.15, 0.2) is 54.9 Å². The third-order valence-electron chi connectivity index (χ3n) is 5.13. The maximum atomic E-state index is 13.3. The molecule has 3 N–H and O–H groups in total. The van der Waals surface area contributed by atoms with E-state index in [1.165, 1.54) is 4.52 Å². The molecule has 180 valence electrons. The number of pyridine rings is 2. The lowest BCUT2D eigenvalue weighted by Gasteiger charge is -2.11. The van der Waals surface area contributed by atoms with Crippen LogP contribution in [0.1, 0.15) is 23.0 Å². The Hall–Kier alpha value is -4.67. The van der Waals surface area contributed by atoms with E-state index in [1.807, 2.05) is 18.2 Å². The van der Waals surface area contributed by atoms with E-state index >= 15 is 0 Å². The van der Waals surface area contributed by atoms with Crippen molar-refractivity contribution in [3.8, 4) is 22.6 Å². The summed E-state index contributed by atoms with van der Waals surface area (Å²) in [6, 6.07) is 12.2. The maximum absolute atomic E-state index is 13.3. The Balaban J connectivity index is 1.66. The van der Waals surface area contributed by atoms with Gasteiger partial charge in [0.2, 0.25) is 0 Å². The second kappa shape index (κ2) is 10.5. The van der Waals surface area contributed by atoms with Crippen molar-refractivity contribution in [2.24, 2.45) is 0 Å². The fraction of sp³-hybridized carbons (Fsp3) is 0.208. The highest BCUT2D eigenvalue weighted by Crippen LogP contribution is 2.27. The zero-order valence-electron chi connectivity index (χ0n) is 19.5. The Labute approximate surface area is 201 Å². The van der Waals surface area contributed by atoms with Crippen LogP contribution in [-0.4, -0.2) is 52.3 Å². The molecule has 1 aromatic carbocycles. The summed E-state index contributed by atoms with van der Waals surface area (Å²) in [6.45, 7) is 2.50. The van der Waals surface area contributed by atoms with Crippen LogP contribution in [0.2, 0.25) is 0 Å². The molecular weight excluding hydrogens is 450 g/mol. The Kier molecular flexibility index (Phi) is 7.05. The van der Waals surface area contributed by atoms with Crippen molar-refractivity contribution in [3.05, 3.63) is 66.1 Å². The Morgan fingerprint density at radius 1 is 1.00 bits per heavy atom. The fourth-order valence-electron chi connectivity index (χ4n) is 3.47. The highest BCUT2D eigenvalue weighted by Gasteiger charge is 2.18. The molecule has 11 heteroatoms. The minimum absolute atomic E-state index is 0.0771. The fourth-order valence-corrected chi connectivity index (χ4v) is 3.47. The normalized spacial score (nSPS) is 10.6. The van der Waals surface area contributed by atoms with Crippen LogP contribution in [-0.2, 0) is 6.54 Å². The molecule has 0 aliphatic rings. The van der Waals surface area contributed by atoms with Gasteiger partial charge >= 0.3 is 6.03 Å². The first-order valence-electron chi connectivity index (χ1n) is 10.9. The summed E-state index contributed by atoms with van der Waals surface area (Å²) in [6.07, 6.45) is 3.37. The number of hydrogen-bond donors (Lipinski definition) is 3. The summed E-state index contributed by atoms with van der Waals surface area (Å²) < 4.78 is 12.0. The van der Waals surface area contributed by atoms with Gasteiger partial charge in [-0.2, -0.15) is 4.98 Å². The van der Waals surface area contributed by atoms with Gasteiger partial charge in [-0.15, -0.1) is 5.10 Å². The number of benzene rings is 1. The summed E-state index contributed by atoms with van der Waals surface area (Å²) in [4.78, 5) is 33.7.